The molecule has 0 bridgehead atoms. The maximum atomic E-state index is 12.3. The molecule has 2 saturated carbocycles. The summed E-state index contributed by atoms with van der Waals surface area (Å²) in [7, 11) is 0. The fourth-order valence-electron chi connectivity index (χ4n) is 3.11. The molecule has 0 aliphatic heterocycles. The highest BCUT2D eigenvalue weighted by molar-refractivity contribution is 5.94. The lowest BCUT2D eigenvalue weighted by atomic mass is 9.93. The number of aliphatic hydroxyl groups excluding tert-OH is 1. The maximum absolute atomic E-state index is 12.3. The molecule has 2 fully saturated rings. The summed E-state index contributed by atoms with van der Waals surface area (Å²) in [5.74, 6) is 1.67. The van der Waals surface area contributed by atoms with Gasteiger partial charge in [-0.15, -0.1) is 0 Å². The van der Waals surface area contributed by atoms with Crippen LogP contribution in [0, 0.1) is 0 Å². The zero-order valence-electron chi connectivity index (χ0n) is 13.4. The van der Waals surface area contributed by atoms with E-state index in [2.05, 4.69) is 15.5 Å². The first-order chi connectivity index (χ1) is 11.7. The molecular weight excluding hydrogens is 306 g/mol. The van der Waals surface area contributed by atoms with Gasteiger partial charge in [0.15, 0.2) is 5.82 Å². The minimum absolute atomic E-state index is 0.0767. The van der Waals surface area contributed by atoms with Crippen molar-refractivity contribution in [1.82, 2.24) is 15.5 Å². The van der Waals surface area contributed by atoms with E-state index in [1.165, 1.54) is 0 Å². The van der Waals surface area contributed by atoms with Crippen molar-refractivity contribution in [1.29, 1.82) is 0 Å². The van der Waals surface area contributed by atoms with Gasteiger partial charge in [-0.3, -0.25) is 4.79 Å². The average Bonchev–Trinajstić information content (AvgIpc) is 3.34. The van der Waals surface area contributed by atoms with E-state index in [4.69, 9.17) is 4.52 Å². The zero-order chi connectivity index (χ0) is 16.5. The van der Waals surface area contributed by atoms with E-state index in [1.54, 1.807) is 12.1 Å². The quantitative estimate of drug-likeness (QED) is 0.901. The maximum Gasteiger partial charge on any atom is 0.257 e. The molecular formula is C18H21N3O3. The summed E-state index contributed by atoms with van der Waals surface area (Å²) < 4.78 is 5.30. The van der Waals surface area contributed by atoms with Gasteiger partial charge in [-0.1, -0.05) is 5.16 Å². The minimum Gasteiger partial charge on any atom is -0.393 e. The van der Waals surface area contributed by atoms with Gasteiger partial charge >= 0.3 is 0 Å². The SMILES string of the molecule is O=C(NC1CCC(O)CC1)c1ccc(-c2nc(C3CC3)no2)cc1. The summed E-state index contributed by atoms with van der Waals surface area (Å²) in [6.07, 6.45) is 5.22. The average molecular weight is 327 g/mol. The lowest BCUT2D eigenvalue weighted by Gasteiger charge is -2.26. The molecule has 1 heterocycles. The number of nitrogens with zero attached hydrogens (tertiary/aromatic N) is 2. The molecule has 0 unspecified atom stereocenters. The number of carbonyl (C=O) groups excluding carboxylic acids is 1. The Labute approximate surface area is 140 Å². The lowest BCUT2D eigenvalue weighted by molar-refractivity contribution is 0.0867. The highest BCUT2D eigenvalue weighted by Gasteiger charge is 2.29. The topological polar surface area (TPSA) is 88.2 Å². The number of rotatable bonds is 4. The van der Waals surface area contributed by atoms with E-state index < -0.39 is 0 Å². The van der Waals surface area contributed by atoms with Crippen LogP contribution in [-0.4, -0.2) is 33.3 Å². The number of hydrogen-bond donors (Lipinski definition) is 2. The van der Waals surface area contributed by atoms with E-state index in [0.29, 0.717) is 17.4 Å². The summed E-state index contributed by atoms with van der Waals surface area (Å²) in [6, 6.07) is 7.39. The number of hydrogen-bond acceptors (Lipinski definition) is 5. The van der Waals surface area contributed by atoms with Gasteiger partial charge in [-0.25, -0.2) is 0 Å². The standard InChI is InChI=1S/C18H21N3O3/c22-15-9-7-14(8-10-15)19-17(23)12-3-5-13(6-4-12)18-20-16(21-24-18)11-1-2-11/h3-6,11,14-15,22H,1-2,7-10H2,(H,19,23). The van der Waals surface area contributed by atoms with Gasteiger partial charge in [0.1, 0.15) is 0 Å². The second-order valence-corrected chi connectivity index (χ2v) is 6.79. The van der Waals surface area contributed by atoms with E-state index in [0.717, 1.165) is 49.9 Å². The Morgan fingerprint density at radius 1 is 1.08 bits per heavy atom. The molecule has 24 heavy (non-hydrogen) atoms. The molecule has 0 radical (unpaired) electrons. The number of benzene rings is 1. The van der Waals surface area contributed by atoms with Crippen molar-refractivity contribution in [2.75, 3.05) is 0 Å². The summed E-state index contributed by atoms with van der Waals surface area (Å²) in [5.41, 5.74) is 1.44. The minimum atomic E-state index is -0.215. The molecule has 1 aromatic heterocycles. The molecule has 6 heteroatoms. The summed E-state index contributed by atoms with van der Waals surface area (Å²) in [4.78, 5) is 16.7. The van der Waals surface area contributed by atoms with Crippen molar-refractivity contribution in [2.45, 2.75) is 56.6 Å². The van der Waals surface area contributed by atoms with Gasteiger partial charge < -0.3 is 14.9 Å². The first-order valence-electron chi connectivity index (χ1n) is 8.62. The van der Waals surface area contributed by atoms with Gasteiger partial charge in [0.2, 0.25) is 0 Å². The Bertz CT molecular complexity index is 713. The predicted octanol–water partition coefficient (Wildman–Crippen LogP) is 2.65. The molecule has 126 valence electrons. The largest absolute Gasteiger partial charge is 0.393 e. The Hall–Kier alpha value is -2.21. The smallest absolute Gasteiger partial charge is 0.257 e. The second kappa shape index (κ2) is 6.36. The number of nitrogens with one attached hydrogen (secondary N) is 1. The van der Waals surface area contributed by atoms with Crippen molar-refractivity contribution in [3.8, 4) is 11.5 Å². The zero-order valence-corrected chi connectivity index (χ0v) is 13.4. The Kier molecular flexibility index (Phi) is 4.06. The first kappa shape index (κ1) is 15.3. The van der Waals surface area contributed by atoms with Crippen molar-refractivity contribution in [3.63, 3.8) is 0 Å². The first-order valence-corrected chi connectivity index (χ1v) is 8.62. The van der Waals surface area contributed by atoms with Crippen molar-refractivity contribution >= 4 is 5.91 Å². The molecule has 1 amide bonds. The van der Waals surface area contributed by atoms with Crippen LogP contribution in [0.15, 0.2) is 28.8 Å². The van der Waals surface area contributed by atoms with Gasteiger partial charge in [0, 0.05) is 23.1 Å². The number of aliphatic hydroxyl groups is 1. The second-order valence-electron chi connectivity index (χ2n) is 6.79. The number of aromatic nitrogens is 2. The van der Waals surface area contributed by atoms with Gasteiger partial charge in [0.05, 0.1) is 6.10 Å². The van der Waals surface area contributed by atoms with Crippen LogP contribution in [0.5, 0.6) is 0 Å². The van der Waals surface area contributed by atoms with Gasteiger partial charge in [0.25, 0.3) is 11.8 Å². The highest BCUT2D eigenvalue weighted by atomic mass is 16.5. The van der Waals surface area contributed by atoms with Crippen LogP contribution in [0.4, 0.5) is 0 Å². The van der Waals surface area contributed by atoms with E-state index in [1.807, 2.05) is 12.1 Å². The molecule has 2 aliphatic carbocycles. The third-order valence-corrected chi connectivity index (χ3v) is 4.81. The molecule has 2 N–H and O–H groups in total. The third kappa shape index (κ3) is 3.33. The monoisotopic (exact) mass is 327 g/mol. The van der Waals surface area contributed by atoms with E-state index in [-0.39, 0.29) is 18.1 Å². The number of amides is 1. The van der Waals surface area contributed by atoms with Crippen molar-refractivity contribution in [3.05, 3.63) is 35.7 Å². The Morgan fingerprint density at radius 3 is 2.46 bits per heavy atom. The summed E-state index contributed by atoms with van der Waals surface area (Å²) in [5, 5.41) is 16.6. The Morgan fingerprint density at radius 2 is 1.79 bits per heavy atom. The molecule has 0 atom stereocenters. The van der Waals surface area contributed by atoms with Crippen LogP contribution in [0.2, 0.25) is 0 Å². The van der Waals surface area contributed by atoms with Crippen LogP contribution in [0.1, 0.15) is 60.6 Å². The summed E-state index contributed by atoms with van der Waals surface area (Å²) >= 11 is 0. The van der Waals surface area contributed by atoms with E-state index in [9.17, 15) is 9.90 Å². The molecule has 6 nitrogen and oxygen atoms in total. The van der Waals surface area contributed by atoms with Gasteiger partial charge in [-0.05, 0) is 62.8 Å². The fraction of sp³-hybridized carbons (Fsp3) is 0.500. The van der Waals surface area contributed by atoms with Crippen molar-refractivity contribution in [2.24, 2.45) is 0 Å². The van der Waals surface area contributed by atoms with Crippen molar-refractivity contribution < 1.29 is 14.4 Å². The van der Waals surface area contributed by atoms with Crippen LogP contribution in [-0.2, 0) is 0 Å². The van der Waals surface area contributed by atoms with Crippen LogP contribution in [0.25, 0.3) is 11.5 Å². The van der Waals surface area contributed by atoms with Gasteiger partial charge in [-0.2, -0.15) is 4.98 Å². The van der Waals surface area contributed by atoms with Crippen LogP contribution < -0.4 is 5.32 Å². The van der Waals surface area contributed by atoms with Crippen LogP contribution in [0.3, 0.4) is 0 Å². The number of carbonyl (C=O) groups is 1. The molecule has 2 aliphatic rings. The molecule has 1 aromatic carbocycles. The summed E-state index contributed by atoms with van der Waals surface area (Å²) in [6.45, 7) is 0. The third-order valence-electron chi connectivity index (χ3n) is 4.81. The van der Waals surface area contributed by atoms with Crippen LogP contribution >= 0.6 is 0 Å². The molecule has 0 spiro atoms. The van der Waals surface area contributed by atoms with E-state index >= 15 is 0 Å². The fourth-order valence-corrected chi connectivity index (χ4v) is 3.11. The highest BCUT2D eigenvalue weighted by Crippen LogP contribution is 2.38. The Balaban J connectivity index is 1.40. The predicted molar refractivity (Wildman–Crippen MR) is 87.4 cm³/mol. The molecule has 2 aromatic rings. The molecule has 0 saturated heterocycles. The molecule has 4 rings (SSSR count). The normalized spacial score (nSPS) is 23.9. The lowest BCUT2D eigenvalue weighted by Crippen LogP contribution is -2.38.